The molecule has 1 aromatic carbocycles. The quantitative estimate of drug-likeness (QED) is 0.865. The lowest BCUT2D eigenvalue weighted by atomic mass is 9.90. The van der Waals surface area contributed by atoms with Crippen molar-refractivity contribution >= 4 is 11.6 Å². The monoisotopic (exact) mass is 275 g/mol. The van der Waals surface area contributed by atoms with Gasteiger partial charge in [-0.3, -0.25) is 4.79 Å². The summed E-state index contributed by atoms with van der Waals surface area (Å²) >= 11 is 0. The first-order chi connectivity index (χ1) is 9.63. The van der Waals surface area contributed by atoms with Crippen molar-refractivity contribution in [1.82, 2.24) is 4.90 Å². The van der Waals surface area contributed by atoms with Crippen molar-refractivity contribution in [3.63, 3.8) is 0 Å². The molecule has 0 spiro atoms. The highest BCUT2D eigenvalue weighted by Crippen LogP contribution is 2.27. The number of rotatable bonds is 6. The average molecular weight is 275 g/mol. The fraction of sp³-hybridized carbons (Fsp3) is 0.562. The minimum Gasteiger partial charge on any atom is -0.378 e. The Hall–Kier alpha value is -1.55. The van der Waals surface area contributed by atoms with Crippen LogP contribution >= 0.6 is 0 Å². The summed E-state index contributed by atoms with van der Waals surface area (Å²) in [5.74, 6) is 0.145. The lowest BCUT2D eigenvalue weighted by molar-refractivity contribution is 0.0578. The van der Waals surface area contributed by atoms with Gasteiger partial charge in [-0.2, -0.15) is 0 Å². The maximum absolute atomic E-state index is 12.7. The Morgan fingerprint density at radius 2 is 2.10 bits per heavy atom. The summed E-state index contributed by atoms with van der Waals surface area (Å²) in [5, 5.41) is 0. The summed E-state index contributed by atoms with van der Waals surface area (Å²) in [6.45, 7) is 1.40. The van der Waals surface area contributed by atoms with E-state index in [1.54, 1.807) is 0 Å². The minimum atomic E-state index is 0.145. The van der Waals surface area contributed by atoms with E-state index in [2.05, 4.69) is 0 Å². The molecule has 4 heteroatoms. The van der Waals surface area contributed by atoms with Crippen molar-refractivity contribution in [3.05, 3.63) is 29.8 Å². The zero-order valence-corrected chi connectivity index (χ0v) is 12.5. The molecule has 1 saturated carbocycles. The molecule has 1 amide bonds. The number of nitrogens with zero attached hydrogens (tertiary/aromatic N) is 2. The Bertz CT molecular complexity index is 455. The first-order valence-corrected chi connectivity index (χ1v) is 7.42. The van der Waals surface area contributed by atoms with Crippen LogP contribution < -0.4 is 10.6 Å². The van der Waals surface area contributed by atoms with Crippen LogP contribution in [0.4, 0.5) is 5.69 Å². The average Bonchev–Trinajstić information content (AvgIpc) is 2.40. The lowest BCUT2D eigenvalue weighted by Gasteiger charge is -2.37. The van der Waals surface area contributed by atoms with E-state index in [0.29, 0.717) is 12.6 Å². The normalized spacial score (nSPS) is 14.8. The van der Waals surface area contributed by atoms with Crippen molar-refractivity contribution in [1.29, 1.82) is 0 Å². The van der Waals surface area contributed by atoms with Crippen molar-refractivity contribution < 1.29 is 4.79 Å². The topological polar surface area (TPSA) is 49.6 Å². The van der Waals surface area contributed by atoms with E-state index in [-0.39, 0.29) is 5.91 Å². The molecule has 0 unspecified atom stereocenters. The van der Waals surface area contributed by atoms with Gasteiger partial charge in [0.25, 0.3) is 5.91 Å². The number of nitrogens with two attached hydrogens (primary N) is 1. The molecule has 1 aliphatic carbocycles. The molecule has 2 rings (SSSR count). The van der Waals surface area contributed by atoms with Crippen LogP contribution in [0.15, 0.2) is 24.3 Å². The molecule has 0 heterocycles. The van der Waals surface area contributed by atoms with Gasteiger partial charge in [-0.25, -0.2) is 0 Å². The molecular formula is C16H25N3O. The second kappa shape index (κ2) is 6.75. The predicted molar refractivity (Wildman–Crippen MR) is 83.1 cm³/mol. The second-order valence-electron chi connectivity index (χ2n) is 5.67. The Balaban J connectivity index is 2.15. The summed E-state index contributed by atoms with van der Waals surface area (Å²) in [5.41, 5.74) is 7.43. The Morgan fingerprint density at radius 1 is 1.35 bits per heavy atom. The van der Waals surface area contributed by atoms with Crippen LogP contribution in [0.1, 0.15) is 36.0 Å². The van der Waals surface area contributed by atoms with E-state index in [1.807, 2.05) is 48.2 Å². The van der Waals surface area contributed by atoms with Gasteiger partial charge in [0, 0.05) is 37.9 Å². The van der Waals surface area contributed by atoms with Gasteiger partial charge in [-0.15, -0.1) is 0 Å². The Kier molecular flexibility index (Phi) is 5.01. The standard InChI is InChI=1S/C16H25N3O/c1-18(2)15-9-3-6-13(12-15)16(20)19(11-5-10-17)14-7-4-8-14/h3,6,9,12,14H,4-5,7-8,10-11,17H2,1-2H3. The number of amides is 1. The third kappa shape index (κ3) is 3.31. The SMILES string of the molecule is CN(C)c1cccc(C(=O)N(CCCN)C2CCC2)c1. The third-order valence-corrected chi connectivity index (χ3v) is 3.99. The molecule has 1 aromatic rings. The fourth-order valence-electron chi connectivity index (χ4n) is 2.49. The molecule has 0 saturated heterocycles. The molecule has 0 bridgehead atoms. The smallest absolute Gasteiger partial charge is 0.254 e. The zero-order valence-electron chi connectivity index (χ0n) is 12.5. The Labute approximate surface area is 121 Å². The lowest BCUT2D eigenvalue weighted by Crippen LogP contribution is -2.45. The van der Waals surface area contributed by atoms with Crippen molar-refractivity contribution in [2.45, 2.75) is 31.7 Å². The van der Waals surface area contributed by atoms with Crippen molar-refractivity contribution in [3.8, 4) is 0 Å². The zero-order chi connectivity index (χ0) is 14.5. The highest BCUT2D eigenvalue weighted by atomic mass is 16.2. The van der Waals surface area contributed by atoms with Gasteiger partial charge < -0.3 is 15.5 Å². The fourth-order valence-corrected chi connectivity index (χ4v) is 2.49. The van der Waals surface area contributed by atoms with Gasteiger partial charge >= 0.3 is 0 Å². The van der Waals surface area contributed by atoms with E-state index in [4.69, 9.17) is 5.73 Å². The number of carbonyl (C=O) groups excluding carboxylic acids is 1. The highest BCUT2D eigenvalue weighted by molar-refractivity contribution is 5.95. The van der Waals surface area contributed by atoms with E-state index in [0.717, 1.165) is 37.1 Å². The van der Waals surface area contributed by atoms with Gasteiger partial charge in [0.05, 0.1) is 0 Å². The maximum Gasteiger partial charge on any atom is 0.254 e. The molecule has 1 fully saturated rings. The Morgan fingerprint density at radius 3 is 2.65 bits per heavy atom. The summed E-state index contributed by atoms with van der Waals surface area (Å²) in [7, 11) is 3.98. The van der Waals surface area contributed by atoms with E-state index < -0.39 is 0 Å². The number of hydrogen-bond donors (Lipinski definition) is 1. The van der Waals surface area contributed by atoms with Crippen LogP contribution in [-0.2, 0) is 0 Å². The summed E-state index contributed by atoms with van der Waals surface area (Å²) in [6, 6.07) is 8.26. The van der Waals surface area contributed by atoms with E-state index in [1.165, 1.54) is 6.42 Å². The van der Waals surface area contributed by atoms with Crippen LogP contribution in [0.3, 0.4) is 0 Å². The van der Waals surface area contributed by atoms with Crippen LogP contribution in [0.25, 0.3) is 0 Å². The number of carbonyl (C=O) groups is 1. The van der Waals surface area contributed by atoms with Crippen LogP contribution in [0.5, 0.6) is 0 Å². The highest BCUT2D eigenvalue weighted by Gasteiger charge is 2.28. The summed E-state index contributed by atoms with van der Waals surface area (Å²) in [4.78, 5) is 16.8. The molecule has 2 N–H and O–H groups in total. The largest absolute Gasteiger partial charge is 0.378 e. The van der Waals surface area contributed by atoms with Crippen LogP contribution in [-0.4, -0.2) is 44.0 Å². The van der Waals surface area contributed by atoms with E-state index >= 15 is 0 Å². The molecule has 0 atom stereocenters. The molecule has 1 aliphatic rings. The minimum absolute atomic E-state index is 0.145. The molecule has 20 heavy (non-hydrogen) atoms. The molecule has 0 aliphatic heterocycles. The van der Waals surface area contributed by atoms with Crippen molar-refractivity contribution in [2.24, 2.45) is 5.73 Å². The molecule has 0 radical (unpaired) electrons. The molecule has 110 valence electrons. The first-order valence-electron chi connectivity index (χ1n) is 7.42. The van der Waals surface area contributed by atoms with Gasteiger partial charge in [0.2, 0.25) is 0 Å². The number of benzene rings is 1. The van der Waals surface area contributed by atoms with Crippen LogP contribution in [0, 0.1) is 0 Å². The molecule has 0 aromatic heterocycles. The number of anilines is 1. The molecule has 4 nitrogen and oxygen atoms in total. The third-order valence-electron chi connectivity index (χ3n) is 3.99. The summed E-state index contributed by atoms with van der Waals surface area (Å²) < 4.78 is 0. The van der Waals surface area contributed by atoms with Gasteiger partial charge in [-0.05, 0) is 50.4 Å². The molecular weight excluding hydrogens is 250 g/mol. The second-order valence-corrected chi connectivity index (χ2v) is 5.67. The van der Waals surface area contributed by atoms with Crippen LogP contribution in [0.2, 0.25) is 0 Å². The van der Waals surface area contributed by atoms with Gasteiger partial charge in [0.15, 0.2) is 0 Å². The first kappa shape index (κ1) is 14.9. The van der Waals surface area contributed by atoms with Gasteiger partial charge in [-0.1, -0.05) is 6.07 Å². The van der Waals surface area contributed by atoms with Crippen molar-refractivity contribution in [2.75, 3.05) is 32.1 Å². The van der Waals surface area contributed by atoms with E-state index in [9.17, 15) is 4.79 Å². The van der Waals surface area contributed by atoms with Gasteiger partial charge in [0.1, 0.15) is 0 Å². The maximum atomic E-state index is 12.7. The number of hydrogen-bond acceptors (Lipinski definition) is 3. The summed E-state index contributed by atoms with van der Waals surface area (Å²) in [6.07, 6.45) is 4.36. The predicted octanol–water partition coefficient (Wildman–Crippen LogP) is 2.10.